The zero-order valence-corrected chi connectivity index (χ0v) is 11.4. The molecule has 20 heavy (non-hydrogen) atoms. The molecule has 5 nitrogen and oxygen atoms in total. The van der Waals surface area contributed by atoms with Gasteiger partial charge in [0.15, 0.2) is 9.84 Å². The van der Waals surface area contributed by atoms with Gasteiger partial charge in [-0.15, -0.1) is 0 Å². The number of hydrogen-bond donors (Lipinski definition) is 1. The van der Waals surface area contributed by atoms with Crippen LogP contribution in [0, 0.1) is 0 Å². The van der Waals surface area contributed by atoms with Crippen molar-refractivity contribution in [3.63, 3.8) is 0 Å². The zero-order chi connectivity index (χ0) is 14.6. The van der Waals surface area contributed by atoms with Crippen LogP contribution in [0.25, 0.3) is 0 Å². The maximum atomic E-state index is 12.2. The van der Waals surface area contributed by atoms with E-state index in [1.165, 1.54) is 24.3 Å². The monoisotopic (exact) mass is 291 g/mol. The molecule has 1 aromatic carbocycles. The molecule has 6 heteroatoms. The number of aromatic nitrogens is 1. The largest absolute Gasteiger partial charge is 0.478 e. The van der Waals surface area contributed by atoms with Crippen molar-refractivity contribution in [2.24, 2.45) is 0 Å². The third kappa shape index (κ3) is 3.42. The van der Waals surface area contributed by atoms with Gasteiger partial charge in [0.05, 0.1) is 16.2 Å². The highest BCUT2D eigenvalue weighted by atomic mass is 32.2. The maximum Gasteiger partial charge on any atom is 0.335 e. The molecule has 1 heterocycles. The highest BCUT2D eigenvalue weighted by molar-refractivity contribution is 7.91. The molecule has 0 atom stereocenters. The van der Waals surface area contributed by atoms with Crippen LogP contribution in [0.5, 0.6) is 0 Å². The Morgan fingerprint density at radius 3 is 2.65 bits per heavy atom. The molecule has 1 aromatic heterocycles. The summed E-state index contributed by atoms with van der Waals surface area (Å²) >= 11 is 0. The van der Waals surface area contributed by atoms with Gasteiger partial charge in [-0.3, -0.25) is 4.98 Å². The summed E-state index contributed by atoms with van der Waals surface area (Å²) in [6.45, 7) is 0. The second-order valence-corrected chi connectivity index (χ2v) is 6.37. The number of carboxylic acids is 1. The summed E-state index contributed by atoms with van der Waals surface area (Å²) in [6, 6.07) is 8.93. The predicted octanol–water partition coefficient (Wildman–Crippen LogP) is 1.80. The first-order chi connectivity index (χ1) is 9.49. The Labute approximate surface area is 116 Å². The number of carbonyl (C=O) groups is 1. The van der Waals surface area contributed by atoms with Gasteiger partial charge in [0, 0.05) is 12.4 Å². The number of aromatic carboxylic acids is 1. The van der Waals surface area contributed by atoms with Gasteiger partial charge in [-0.1, -0.05) is 12.1 Å². The van der Waals surface area contributed by atoms with Crippen LogP contribution in [0.4, 0.5) is 0 Å². The average molecular weight is 291 g/mol. The average Bonchev–Trinajstić information content (AvgIpc) is 2.46. The SMILES string of the molecule is O=C(O)c1cccc(S(=O)(=O)CCc2cccnc2)c1. The Bertz CT molecular complexity index is 711. The third-order valence-electron chi connectivity index (χ3n) is 2.82. The summed E-state index contributed by atoms with van der Waals surface area (Å²) in [5, 5.41) is 8.88. The molecular formula is C14H13NO4S. The summed E-state index contributed by atoms with van der Waals surface area (Å²) in [7, 11) is -3.51. The van der Waals surface area contributed by atoms with Crippen molar-refractivity contribution in [1.29, 1.82) is 0 Å². The molecule has 0 unspecified atom stereocenters. The minimum absolute atomic E-state index is 0.0290. The van der Waals surface area contributed by atoms with Crippen molar-refractivity contribution in [2.75, 3.05) is 5.75 Å². The number of aryl methyl sites for hydroxylation is 1. The molecule has 0 saturated heterocycles. The molecule has 0 aliphatic carbocycles. The van der Waals surface area contributed by atoms with Crippen LogP contribution in [0.1, 0.15) is 15.9 Å². The van der Waals surface area contributed by atoms with E-state index < -0.39 is 15.8 Å². The van der Waals surface area contributed by atoms with Crippen molar-refractivity contribution in [3.05, 3.63) is 59.9 Å². The fraction of sp³-hybridized carbons (Fsp3) is 0.143. The summed E-state index contributed by atoms with van der Waals surface area (Å²) in [6.07, 6.45) is 3.57. The number of carboxylic acid groups (broad SMARTS) is 1. The molecule has 0 fully saturated rings. The van der Waals surface area contributed by atoms with E-state index in [2.05, 4.69) is 4.98 Å². The number of pyridine rings is 1. The molecule has 2 rings (SSSR count). The van der Waals surface area contributed by atoms with Crippen LogP contribution in [0.3, 0.4) is 0 Å². The van der Waals surface area contributed by atoms with Crippen molar-refractivity contribution in [1.82, 2.24) is 4.98 Å². The Morgan fingerprint density at radius 1 is 1.20 bits per heavy atom. The van der Waals surface area contributed by atoms with Crippen molar-refractivity contribution in [3.8, 4) is 0 Å². The fourth-order valence-electron chi connectivity index (χ4n) is 1.74. The lowest BCUT2D eigenvalue weighted by Gasteiger charge is -2.05. The number of nitrogens with zero attached hydrogens (tertiary/aromatic N) is 1. The minimum Gasteiger partial charge on any atom is -0.478 e. The predicted molar refractivity (Wildman–Crippen MR) is 73.4 cm³/mol. The van der Waals surface area contributed by atoms with Crippen LogP contribution >= 0.6 is 0 Å². The van der Waals surface area contributed by atoms with E-state index in [0.29, 0.717) is 6.42 Å². The number of hydrogen-bond acceptors (Lipinski definition) is 4. The first-order valence-electron chi connectivity index (χ1n) is 5.94. The Kier molecular flexibility index (Phi) is 4.14. The quantitative estimate of drug-likeness (QED) is 0.908. The lowest BCUT2D eigenvalue weighted by Crippen LogP contribution is -2.10. The maximum absolute atomic E-state index is 12.2. The van der Waals surface area contributed by atoms with Crippen molar-refractivity contribution in [2.45, 2.75) is 11.3 Å². The molecule has 0 aliphatic heterocycles. The standard InChI is InChI=1S/C14H13NO4S/c16-14(17)12-4-1-5-13(9-12)20(18,19)8-6-11-3-2-7-15-10-11/h1-5,7,9-10H,6,8H2,(H,16,17). The highest BCUT2D eigenvalue weighted by Gasteiger charge is 2.16. The highest BCUT2D eigenvalue weighted by Crippen LogP contribution is 2.15. The van der Waals surface area contributed by atoms with E-state index in [9.17, 15) is 13.2 Å². The molecule has 0 bridgehead atoms. The second-order valence-electron chi connectivity index (χ2n) is 4.26. The molecule has 2 aromatic rings. The van der Waals surface area contributed by atoms with Crippen LogP contribution in [-0.2, 0) is 16.3 Å². The molecule has 0 radical (unpaired) electrons. The molecule has 0 saturated carbocycles. The fourth-order valence-corrected chi connectivity index (χ4v) is 3.07. The van der Waals surface area contributed by atoms with E-state index in [1.54, 1.807) is 24.5 Å². The van der Waals surface area contributed by atoms with Crippen molar-refractivity contribution >= 4 is 15.8 Å². The smallest absolute Gasteiger partial charge is 0.335 e. The van der Waals surface area contributed by atoms with Gasteiger partial charge in [-0.25, -0.2) is 13.2 Å². The van der Waals surface area contributed by atoms with E-state index in [0.717, 1.165) is 5.56 Å². The van der Waals surface area contributed by atoms with Crippen LogP contribution in [0.15, 0.2) is 53.7 Å². The molecule has 0 amide bonds. The number of rotatable bonds is 5. The van der Waals surface area contributed by atoms with E-state index in [-0.39, 0.29) is 16.2 Å². The Morgan fingerprint density at radius 2 is 2.00 bits per heavy atom. The van der Waals surface area contributed by atoms with Gasteiger partial charge < -0.3 is 5.11 Å². The molecule has 1 N–H and O–H groups in total. The van der Waals surface area contributed by atoms with Gasteiger partial charge in [-0.05, 0) is 36.2 Å². The second kappa shape index (κ2) is 5.83. The lowest BCUT2D eigenvalue weighted by atomic mass is 10.2. The third-order valence-corrected chi connectivity index (χ3v) is 4.54. The van der Waals surface area contributed by atoms with Gasteiger partial charge in [0.1, 0.15) is 0 Å². The molecule has 104 valence electrons. The van der Waals surface area contributed by atoms with E-state index >= 15 is 0 Å². The van der Waals surface area contributed by atoms with Gasteiger partial charge in [0.2, 0.25) is 0 Å². The summed E-state index contributed by atoms with van der Waals surface area (Å²) in [5.74, 6) is -1.23. The van der Waals surface area contributed by atoms with Gasteiger partial charge in [0.25, 0.3) is 0 Å². The molecule has 0 aliphatic rings. The van der Waals surface area contributed by atoms with Crippen LogP contribution in [-0.4, -0.2) is 30.2 Å². The first kappa shape index (κ1) is 14.2. The Balaban J connectivity index is 2.18. The normalized spacial score (nSPS) is 11.2. The van der Waals surface area contributed by atoms with Crippen LogP contribution in [0.2, 0.25) is 0 Å². The Hall–Kier alpha value is -2.21. The summed E-state index contributed by atoms with van der Waals surface area (Å²) in [5.41, 5.74) is 0.790. The van der Waals surface area contributed by atoms with E-state index in [1.807, 2.05) is 0 Å². The van der Waals surface area contributed by atoms with Crippen molar-refractivity contribution < 1.29 is 18.3 Å². The summed E-state index contributed by atoms with van der Waals surface area (Å²) < 4.78 is 24.3. The molecule has 0 spiro atoms. The lowest BCUT2D eigenvalue weighted by molar-refractivity contribution is 0.0696. The zero-order valence-electron chi connectivity index (χ0n) is 10.6. The van der Waals surface area contributed by atoms with Crippen LogP contribution < -0.4 is 0 Å². The van der Waals surface area contributed by atoms with E-state index in [4.69, 9.17) is 5.11 Å². The number of benzene rings is 1. The summed E-state index contributed by atoms with van der Waals surface area (Å²) in [4.78, 5) is 14.8. The topological polar surface area (TPSA) is 84.3 Å². The minimum atomic E-state index is -3.51. The van der Waals surface area contributed by atoms with Gasteiger partial charge >= 0.3 is 5.97 Å². The van der Waals surface area contributed by atoms with Gasteiger partial charge in [-0.2, -0.15) is 0 Å². The first-order valence-corrected chi connectivity index (χ1v) is 7.59. The number of sulfone groups is 1. The molecular weight excluding hydrogens is 278 g/mol.